The lowest BCUT2D eigenvalue weighted by molar-refractivity contribution is 0.206. The summed E-state index contributed by atoms with van der Waals surface area (Å²) in [6.07, 6.45) is 8.10. The second kappa shape index (κ2) is 11.0. The summed E-state index contributed by atoms with van der Waals surface area (Å²) in [5, 5.41) is 0. The van der Waals surface area contributed by atoms with Gasteiger partial charge in [-0.05, 0) is 37.5 Å². The molecule has 0 N–H and O–H groups in total. The Labute approximate surface area is 146 Å². The van der Waals surface area contributed by atoms with E-state index in [2.05, 4.69) is 58.9 Å². The van der Waals surface area contributed by atoms with Gasteiger partial charge in [0.15, 0.2) is 8.32 Å². The van der Waals surface area contributed by atoms with Gasteiger partial charge in [0.25, 0.3) is 0 Å². The molecule has 2 heteroatoms. The zero-order valence-electron chi connectivity index (χ0n) is 16.2. The van der Waals surface area contributed by atoms with Crippen LogP contribution in [-0.2, 0) is 4.43 Å². The molecular formula is C21H38OSi. The van der Waals surface area contributed by atoms with E-state index in [0.29, 0.717) is 0 Å². The fraction of sp³-hybridized carbons (Fsp3) is 0.714. The average molecular weight is 335 g/mol. The summed E-state index contributed by atoms with van der Waals surface area (Å²) in [5.74, 6) is 0. The van der Waals surface area contributed by atoms with Crippen molar-refractivity contribution < 1.29 is 4.43 Å². The summed E-state index contributed by atoms with van der Waals surface area (Å²) in [7, 11) is -1.62. The third-order valence-electron chi connectivity index (χ3n) is 4.90. The van der Waals surface area contributed by atoms with Crippen molar-refractivity contribution in [2.45, 2.75) is 97.4 Å². The summed E-state index contributed by atoms with van der Waals surface area (Å²) in [5.41, 5.74) is 2.69. The molecule has 0 fully saturated rings. The van der Waals surface area contributed by atoms with E-state index in [-0.39, 0.29) is 6.10 Å². The zero-order valence-corrected chi connectivity index (χ0v) is 17.2. The monoisotopic (exact) mass is 334 g/mol. The number of hydrogen-bond donors (Lipinski definition) is 0. The summed E-state index contributed by atoms with van der Waals surface area (Å²) in [6, 6.07) is 12.9. The molecule has 0 aromatic heterocycles. The van der Waals surface area contributed by atoms with Crippen LogP contribution >= 0.6 is 0 Å². The fourth-order valence-corrected chi connectivity index (χ4v) is 8.40. The molecule has 132 valence electrons. The van der Waals surface area contributed by atoms with Gasteiger partial charge in [-0.15, -0.1) is 0 Å². The SMILES string of the molecule is CCCC[Si](CCCC)(CCCC)O[C@@H](C)c1cccc(C)c1. The first-order valence-electron chi connectivity index (χ1n) is 9.81. The van der Waals surface area contributed by atoms with Crippen LogP contribution < -0.4 is 0 Å². The number of hydrogen-bond acceptors (Lipinski definition) is 1. The van der Waals surface area contributed by atoms with Gasteiger partial charge in [0, 0.05) is 0 Å². The van der Waals surface area contributed by atoms with Gasteiger partial charge in [0.2, 0.25) is 0 Å². The molecule has 1 nitrogen and oxygen atoms in total. The van der Waals surface area contributed by atoms with Gasteiger partial charge in [0.1, 0.15) is 0 Å². The maximum absolute atomic E-state index is 6.92. The van der Waals surface area contributed by atoms with Crippen molar-refractivity contribution in [2.75, 3.05) is 0 Å². The van der Waals surface area contributed by atoms with Gasteiger partial charge in [-0.2, -0.15) is 0 Å². The van der Waals surface area contributed by atoms with Crippen LogP contribution in [0.5, 0.6) is 0 Å². The molecule has 0 saturated heterocycles. The molecule has 0 amide bonds. The minimum atomic E-state index is -1.62. The van der Waals surface area contributed by atoms with Crippen LogP contribution in [-0.4, -0.2) is 8.32 Å². The summed E-state index contributed by atoms with van der Waals surface area (Å²) in [6.45, 7) is 11.4. The Hall–Kier alpha value is -0.603. The van der Waals surface area contributed by atoms with Crippen molar-refractivity contribution in [1.29, 1.82) is 0 Å². The van der Waals surface area contributed by atoms with Crippen LogP contribution in [0.1, 0.15) is 83.5 Å². The third kappa shape index (κ3) is 7.22. The van der Waals surface area contributed by atoms with E-state index in [0.717, 1.165) is 0 Å². The maximum atomic E-state index is 6.92. The Bertz CT molecular complexity index is 408. The van der Waals surface area contributed by atoms with Crippen molar-refractivity contribution in [3.8, 4) is 0 Å². The summed E-state index contributed by atoms with van der Waals surface area (Å²) < 4.78 is 6.92. The molecule has 0 spiro atoms. The van der Waals surface area contributed by atoms with Gasteiger partial charge < -0.3 is 4.43 Å². The van der Waals surface area contributed by atoms with E-state index < -0.39 is 8.32 Å². The standard InChI is InChI=1S/C21H38OSi/c1-6-9-15-23(16-10-7-2,17-11-8-3)22-20(5)21-14-12-13-19(4)18-21/h12-14,18,20H,6-11,15-17H2,1-5H3/t20-/m0/s1. The third-order valence-corrected chi connectivity index (χ3v) is 9.54. The molecule has 0 saturated carbocycles. The van der Waals surface area contributed by atoms with Crippen molar-refractivity contribution in [3.63, 3.8) is 0 Å². The number of rotatable bonds is 12. The topological polar surface area (TPSA) is 9.23 Å². The highest BCUT2D eigenvalue weighted by Gasteiger charge is 2.35. The minimum absolute atomic E-state index is 0.243. The molecule has 0 heterocycles. The number of unbranched alkanes of at least 4 members (excludes halogenated alkanes) is 3. The molecule has 0 radical (unpaired) electrons. The Morgan fingerprint density at radius 3 is 1.87 bits per heavy atom. The van der Waals surface area contributed by atoms with E-state index in [4.69, 9.17) is 4.43 Å². The van der Waals surface area contributed by atoms with Crippen molar-refractivity contribution in [3.05, 3.63) is 35.4 Å². The lowest BCUT2D eigenvalue weighted by atomic mass is 10.1. The first kappa shape index (κ1) is 20.4. The van der Waals surface area contributed by atoms with Crippen LogP contribution in [0.3, 0.4) is 0 Å². The molecule has 0 aliphatic rings. The Morgan fingerprint density at radius 2 is 1.43 bits per heavy atom. The molecule has 0 aliphatic heterocycles. The lowest BCUT2D eigenvalue weighted by Gasteiger charge is -2.35. The summed E-state index contributed by atoms with van der Waals surface area (Å²) in [4.78, 5) is 0. The molecule has 1 rings (SSSR count). The minimum Gasteiger partial charge on any atom is -0.410 e. The smallest absolute Gasteiger partial charge is 0.193 e. The molecule has 23 heavy (non-hydrogen) atoms. The van der Waals surface area contributed by atoms with Gasteiger partial charge in [0.05, 0.1) is 6.10 Å². The van der Waals surface area contributed by atoms with Crippen LogP contribution in [0.2, 0.25) is 18.1 Å². The van der Waals surface area contributed by atoms with E-state index >= 15 is 0 Å². The highest BCUT2D eigenvalue weighted by atomic mass is 28.4. The van der Waals surface area contributed by atoms with Gasteiger partial charge >= 0.3 is 0 Å². The second-order valence-corrected chi connectivity index (χ2v) is 11.3. The van der Waals surface area contributed by atoms with Gasteiger partial charge in [-0.3, -0.25) is 0 Å². The second-order valence-electron chi connectivity index (χ2n) is 7.17. The first-order chi connectivity index (χ1) is 11.1. The van der Waals surface area contributed by atoms with E-state index in [9.17, 15) is 0 Å². The van der Waals surface area contributed by atoms with Crippen molar-refractivity contribution >= 4 is 8.32 Å². The largest absolute Gasteiger partial charge is 0.410 e. The molecule has 0 aliphatic carbocycles. The zero-order chi connectivity index (χ0) is 17.1. The van der Waals surface area contributed by atoms with E-state index in [1.54, 1.807) is 0 Å². The Morgan fingerprint density at radius 1 is 0.913 bits per heavy atom. The van der Waals surface area contributed by atoms with Crippen LogP contribution in [0, 0.1) is 6.92 Å². The van der Waals surface area contributed by atoms with Gasteiger partial charge in [-0.1, -0.05) is 89.1 Å². The highest BCUT2D eigenvalue weighted by Crippen LogP contribution is 2.34. The fourth-order valence-electron chi connectivity index (χ4n) is 3.41. The molecular weight excluding hydrogens is 296 g/mol. The Balaban J connectivity index is 2.90. The maximum Gasteiger partial charge on any atom is 0.193 e. The first-order valence-corrected chi connectivity index (χ1v) is 12.3. The predicted octanol–water partition coefficient (Wildman–Crippen LogP) is 7.42. The molecule has 0 bridgehead atoms. The van der Waals surface area contributed by atoms with Gasteiger partial charge in [-0.25, -0.2) is 0 Å². The average Bonchev–Trinajstić information content (AvgIpc) is 2.56. The Kier molecular flexibility index (Phi) is 9.81. The van der Waals surface area contributed by atoms with Crippen LogP contribution in [0.15, 0.2) is 24.3 Å². The van der Waals surface area contributed by atoms with E-state index in [1.807, 2.05) is 0 Å². The highest BCUT2D eigenvalue weighted by molar-refractivity contribution is 6.73. The van der Waals surface area contributed by atoms with Crippen LogP contribution in [0.25, 0.3) is 0 Å². The lowest BCUT2D eigenvalue weighted by Crippen LogP contribution is -2.39. The molecule has 1 aromatic carbocycles. The molecule has 1 atom stereocenters. The predicted molar refractivity (Wildman–Crippen MR) is 106 cm³/mol. The number of benzene rings is 1. The quantitative estimate of drug-likeness (QED) is 0.361. The normalized spacial score (nSPS) is 13.3. The van der Waals surface area contributed by atoms with Crippen molar-refractivity contribution in [2.24, 2.45) is 0 Å². The molecule has 1 aromatic rings. The number of aryl methyl sites for hydroxylation is 1. The van der Waals surface area contributed by atoms with Crippen LogP contribution in [0.4, 0.5) is 0 Å². The summed E-state index contributed by atoms with van der Waals surface area (Å²) >= 11 is 0. The van der Waals surface area contributed by atoms with Crippen molar-refractivity contribution in [1.82, 2.24) is 0 Å². The molecule has 0 unspecified atom stereocenters. The van der Waals surface area contributed by atoms with E-state index in [1.165, 1.54) is 67.8 Å².